The van der Waals surface area contributed by atoms with Crippen molar-refractivity contribution in [2.75, 3.05) is 56.9 Å². The van der Waals surface area contributed by atoms with Crippen molar-refractivity contribution >= 4 is 17.0 Å². The number of methoxy groups -OCH3 is 8. The van der Waals surface area contributed by atoms with E-state index < -0.39 is 6.17 Å². The summed E-state index contributed by atoms with van der Waals surface area (Å²) in [5.74, 6) is 5.65. The zero-order chi connectivity index (χ0) is 49.2. The fraction of sp³-hybridized carbons (Fsp3) is 0.281. The van der Waals surface area contributed by atoms with Gasteiger partial charge in [-0.25, -0.2) is 4.98 Å². The standard InChI is InChI=1S/C57H62N4O8/c1-13-36(14-2)42(56-58-52(38-20-24-44(62-5)48(30-38)66-9)53(59-56)39-21-25-45(63-6)49(31-39)67-10)28-34(4)16-17-35-18-19-37(15-3)43(29-35)57-60-54(40-22-26-46(64-7)50(32-40)68-11)55(61-57)41-23-27-47(65-8)51(33-41)69-12/h13,18-33,57H,1,14-17H2,2-12H3,(H,58,59)/b34-28+,42-36-. The number of hydrogen-bond donors (Lipinski definition) is 1. The Morgan fingerprint density at radius 2 is 1.04 bits per heavy atom. The van der Waals surface area contributed by atoms with Crippen LogP contribution in [0, 0.1) is 0 Å². The summed E-state index contributed by atoms with van der Waals surface area (Å²) in [6, 6.07) is 30.0. The molecule has 7 rings (SSSR count). The van der Waals surface area contributed by atoms with Crippen molar-refractivity contribution in [2.24, 2.45) is 9.98 Å². The molecule has 0 saturated heterocycles. The maximum atomic E-state index is 5.72. The minimum absolute atomic E-state index is 0.476. The maximum absolute atomic E-state index is 5.72. The molecule has 1 aliphatic heterocycles. The predicted molar refractivity (Wildman–Crippen MR) is 276 cm³/mol. The number of aryl methyl sites for hydroxylation is 2. The lowest BCUT2D eigenvalue weighted by Crippen LogP contribution is -2.14. The van der Waals surface area contributed by atoms with Crippen LogP contribution < -0.4 is 37.9 Å². The first-order valence-corrected chi connectivity index (χ1v) is 22.9. The van der Waals surface area contributed by atoms with Crippen molar-refractivity contribution in [3.8, 4) is 68.5 Å². The minimum atomic E-state index is -0.476. The molecule has 0 fully saturated rings. The number of rotatable bonds is 21. The highest BCUT2D eigenvalue weighted by Gasteiger charge is 2.28. The van der Waals surface area contributed by atoms with Crippen molar-refractivity contribution in [1.29, 1.82) is 0 Å². The molecule has 0 unspecified atom stereocenters. The summed E-state index contributed by atoms with van der Waals surface area (Å²) in [4.78, 5) is 19.7. The van der Waals surface area contributed by atoms with Crippen LogP contribution in [0.25, 0.3) is 28.1 Å². The number of H-pyrrole nitrogens is 1. The quantitative estimate of drug-likeness (QED) is 0.0702. The van der Waals surface area contributed by atoms with Gasteiger partial charge in [-0.1, -0.05) is 56.4 Å². The molecule has 0 spiro atoms. The SMILES string of the molecule is C=C/C(CC)=C(\C=C(/C)CCc1ccc(CC)c(C2N=C(c3ccc(OC)c(OC)c3)C(c3ccc(OC)c(OC)c3)=N2)c1)c1nc(-c2ccc(OC)c(OC)c2)c(-c2ccc(OC)c(OC)c2)[nH]1. The number of nitrogens with one attached hydrogen (secondary N) is 1. The fourth-order valence-corrected chi connectivity index (χ4v) is 8.60. The summed E-state index contributed by atoms with van der Waals surface area (Å²) < 4.78 is 45.2. The molecule has 69 heavy (non-hydrogen) atoms. The lowest BCUT2D eigenvalue weighted by atomic mass is 9.96. The molecule has 1 N–H and O–H groups in total. The summed E-state index contributed by atoms with van der Waals surface area (Å²) in [5, 5.41) is 0. The van der Waals surface area contributed by atoms with Gasteiger partial charge in [0.15, 0.2) is 52.2 Å². The number of aromatic nitrogens is 2. The first-order valence-electron chi connectivity index (χ1n) is 22.9. The van der Waals surface area contributed by atoms with Crippen molar-refractivity contribution in [3.63, 3.8) is 0 Å². The Morgan fingerprint density at radius 1 is 0.580 bits per heavy atom. The second-order valence-electron chi connectivity index (χ2n) is 16.3. The van der Waals surface area contributed by atoms with E-state index in [1.807, 2.05) is 78.9 Å². The molecule has 12 heteroatoms. The molecule has 0 aliphatic carbocycles. The molecule has 358 valence electrons. The van der Waals surface area contributed by atoms with Crippen molar-refractivity contribution in [1.82, 2.24) is 9.97 Å². The van der Waals surface area contributed by atoms with Gasteiger partial charge in [0.25, 0.3) is 0 Å². The molecule has 12 nitrogen and oxygen atoms in total. The Hall–Kier alpha value is -7.73. The van der Waals surface area contributed by atoms with E-state index in [2.05, 4.69) is 56.6 Å². The highest BCUT2D eigenvalue weighted by atomic mass is 16.5. The van der Waals surface area contributed by atoms with Crippen LogP contribution in [-0.2, 0) is 12.8 Å². The van der Waals surface area contributed by atoms with Crippen LogP contribution in [0.2, 0.25) is 0 Å². The average molecular weight is 931 g/mol. The molecule has 0 saturated carbocycles. The molecule has 0 atom stereocenters. The summed E-state index contributed by atoms with van der Waals surface area (Å²) in [6.45, 7) is 10.7. The number of ether oxygens (including phenoxy) is 8. The van der Waals surface area contributed by atoms with E-state index in [4.69, 9.17) is 52.9 Å². The minimum Gasteiger partial charge on any atom is -0.493 e. The molecular formula is C57H62N4O8. The van der Waals surface area contributed by atoms with E-state index in [0.717, 1.165) is 87.5 Å². The molecule has 6 aromatic rings. The first-order chi connectivity index (χ1) is 33.6. The molecular weight excluding hydrogens is 869 g/mol. The van der Waals surface area contributed by atoms with Gasteiger partial charge in [-0.15, -0.1) is 0 Å². The number of aromatic amines is 1. The topological polar surface area (TPSA) is 127 Å². The second-order valence-corrected chi connectivity index (χ2v) is 16.3. The number of imidazole rings is 1. The molecule has 0 bridgehead atoms. The molecule has 0 radical (unpaired) electrons. The Balaban J connectivity index is 1.25. The third-order valence-corrected chi connectivity index (χ3v) is 12.4. The van der Waals surface area contributed by atoms with Gasteiger partial charge in [0.2, 0.25) is 0 Å². The zero-order valence-corrected chi connectivity index (χ0v) is 41.5. The fourth-order valence-electron chi connectivity index (χ4n) is 8.60. The van der Waals surface area contributed by atoms with E-state index in [-0.39, 0.29) is 0 Å². The molecule has 5 aromatic carbocycles. The van der Waals surface area contributed by atoms with Crippen molar-refractivity contribution in [2.45, 2.75) is 52.6 Å². The number of hydrogen-bond acceptors (Lipinski definition) is 11. The summed E-state index contributed by atoms with van der Waals surface area (Å²) in [5.41, 5.74) is 13.1. The van der Waals surface area contributed by atoms with Crippen LogP contribution in [0.1, 0.15) is 73.4 Å². The van der Waals surface area contributed by atoms with Gasteiger partial charge < -0.3 is 42.9 Å². The third-order valence-electron chi connectivity index (χ3n) is 12.4. The van der Waals surface area contributed by atoms with Gasteiger partial charge in [-0.2, -0.15) is 0 Å². The Kier molecular flexibility index (Phi) is 16.0. The first kappa shape index (κ1) is 49.2. The van der Waals surface area contributed by atoms with Crippen LogP contribution >= 0.6 is 0 Å². The Labute approximate surface area is 406 Å². The lowest BCUT2D eigenvalue weighted by Gasteiger charge is -2.14. The highest BCUT2D eigenvalue weighted by Crippen LogP contribution is 2.41. The molecule has 1 aliphatic rings. The molecule has 0 amide bonds. The molecule has 1 aromatic heterocycles. The van der Waals surface area contributed by atoms with Crippen molar-refractivity contribution < 1.29 is 37.9 Å². The lowest BCUT2D eigenvalue weighted by molar-refractivity contribution is 0.355. The van der Waals surface area contributed by atoms with E-state index in [9.17, 15) is 0 Å². The number of aliphatic imine (C=N–C) groups is 2. The smallest absolute Gasteiger partial charge is 0.166 e. The van der Waals surface area contributed by atoms with Gasteiger partial charge in [0, 0.05) is 33.4 Å². The second kappa shape index (κ2) is 22.4. The van der Waals surface area contributed by atoms with E-state index in [1.165, 1.54) is 16.7 Å². The summed E-state index contributed by atoms with van der Waals surface area (Å²) >= 11 is 0. The Morgan fingerprint density at radius 3 is 1.51 bits per heavy atom. The van der Waals surface area contributed by atoms with E-state index in [1.54, 1.807) is 56.9 Å². The number of nitrogens with zero attached hydrogens (tertiary/aromatic N) is 3. The van der Waals surface area contributed by atoms with Crippen molar-refractivity contribution in [3.05, 3.63) is 155 Å². The van der Waals surface area contributed by atoms with Crippen LogP contribution in [-0.4, -0.2) is 78.3 Å². The normalized spacial score (nSPS) is 13.0. The predicted octanol–water partition coefficient (Wildman–Crippen LogP) is 12.3. The van der Waals surface area contributed by atoms with Gasteiger partial charge in [-0.05, 0) is 122 Å². The summed E-state index contributed by atoms with van der Waals surface area (Å²) in [7, 11) is 13.0. The van der Waals surface area contributed by atoms with E-state index >= 15 is 0 Å². The zero-order valence-electron chi connectivity index (χ0n) is 41.5. The van der Waals surface area contributed by atoms with Crippen LogP contribution in [0.4, 0.5) is 0 Å². The average Bonchev–Trinajstić information content (AvgIpc) is 4.05. The number of benzene rings is 5. The van der Waals surface area contributed by atoms with Crippen LogP contribution in [0.3, 0.4) is 0 Å². The highest BCUT2D eigenvalue weighted by molar-refractivity contribution is 6.54. The molecule has 2 heterocycles. The Bertz CT molecular complexity index is 2820. The van der Waals surface area contributed by atoms with Gasteiger partial charge in [-0.3, -0.25) is 9.98 Å². The maximum Gasteiger partial charge on any atom is 0.166 e. The monoisotopic (exact) mass is 930 g/mol. The number of allylic oxidation sites excluding steroid dienone is 5. The van der Waals surface area contributed by atoms with Crippen LogP contribution in [0.5, 0.6) is 46.0 Å². The van der Waals surface area contributed by atoms with Gasteiger partial charge in [0.1, 0.15) is 5.82 Å². The van der Waals surface area contributed by atoms with E-state index in [0.29, 0.717) is 51.8 Å². The largest absolute Gasteiger partial charge is 0.493 e. The van der Waals surface area contributed by atoms with Crippen LogP contribution in [0.15, 0.2) is 131 Å². The van der Waals surface area contributed by atoms with Gasteiger partial charge in [0.05, 0.1) is 79.7 Å². The van der Waals surface area contributed by atoms with Gasteiger partial charge >= 0.3 is 0 Å². The summed E-state index contributed by atoms with van der Waals surface area (Å²) in [6.07, 6.45) is 6.82. The third kappa shape index (κ3) is 10.4.